The molecule has 1 aliphatic rings. The summed E-state index contributed by atoms with van der Waals surface area (Å²) in [6, 6.07) is 0. The molecule has 0 aromatic carbocycles. The number of rotatable bonds is 6. The third-order valence-corrected chi connectivity index (χ3v) is 4.19. The lowest BCUT2D eigenvalue weighted by molar-refractivity contribution is 0.142. The maximum absolute atomic E-state index is 5.21. The molecule has 1 rings (SSSR count). The van der Waals surface area contributed by atoms with Crippen LogP contribution in [0, 0.1) is 17.8 Å². The Morgan fingerprint density at radius 3 is 2.69 bits per heavy atom. The van der Waals surface area contributed by atoms with Gasteiger partial charge in [0.25, 0.3) is 0 Å². The largest absolute Gasteiger partial charge is 0.385 e. The topological polar surface area (TPSA) is 21.3 Å². The van der Waals surface area contributed by atoms with E-state index in [1.807, 2.05) is 7.11 Å². The first-order chi connectivity index (χ1) is 7.79. The fraction of sp³-hybridized carbons (Fsp3) is 1.00. The normalized spacial score (nSPS) is 28.7. The van der Waals surface area contributed by atoms with E-state index in [9.17, 15) is 0 Å². The molecule has 0 radical (unpaired) electrons. The first-order valence-electron chi connectivity index (χ1n) is 6.93. The van der Waals surface area contributed by atoms with Gasteiger partial charge in [-0.05, 0) is 50.6 Å². The van der Waals surface area contributed by atoms with Crippen LogP contribution in [0.1, 0.15) is 45.4 Å². The molecule has 0 spiro atoms. The van der Waals surface area contributed by atoms with E-state index in [0.29, 0.717) is 0 Å². The quantitative estimate of drug-likeness (QED) is 0.704. The van der Waals surface area contributed by atoms with Crippen LogP contribution in [0.5, 0.6) is 0 Å². The van der Waals surface area contributed by atoms with Crippen LogP contribution in [0.25, 0.3) is 0 Å². The van der Waals surface area contributed by atoms with Gasteiger partial charge in [-0.2, -0.15) is 0 Å². The molecule has 1 fully saturated rings. The van der Waals surface area contributed by atoms with Gasteiger partial charge in [-0.15, -0.1) is 0 Å². The molecule has 1 N–H and O–H groups in total. The molecule has 16 heavy (non-hydrogen) atoms. The van der Waals surface area contributed by atoms with Crippen molar-refractivity contribution in [1.82, 2.24) is 5.32 Å². The predicted octanol–water partition coefficient (Wildman–Crippen LogP) is 3.07. The molecule has 2 heteroatoms. The van der Waals surface area contributed by atoms with Crippen LogP contribution < -0.4 is 5.32 Å². The molecule has 0 amide bonds. The molecule has 0 aromatic rings. The summed E-state index contributed by atoms with van der Waals surface area (Å²) in [5.74, 6) is 2.61. The van der Waals surface area contributed by atoms with Crippen LogP contribution in [-0.4, -0.2) is 27.3 Å². The highest BCUT2D eigenvalue weighted by molar-refractivity contribution is 4.79. The maximum atomic E-state index is 5.21. The van der Waals surface area contributed by atoms with E-state index in [-0.39, 0.29) is 0 Å². The number of hydrogen-bond donors (Lipinski definition) is 1. The Morgan fingerprint density at radius 2 is 2.00 bits per heavy atom. The van der Waals surface area contributed by atoms with Crippen molar-refractivity contribution in [3.8, 4) is 0 Å². The Bertz CT molecular complexity index is 172. The minimum Gasteiger partial charge on any atom is -0.385 e. The molecule has 2 nitrogen and oxygen atoms in total. The predicted molar refractivity (Wildman–Crippen MR) is 69.6 cm³/mol. The number of methoxy groups -OCH3 is 1. The minimum absolute atomic E-state index is 0.816. The summed E-state index contributed by atoms with van der Waals surface area (Å²) in [6.45, 7) is 4.53. The van der Waals surface area contributed by atoms with Crippen molar-refractivity contribution in [3.05, 3.63) is 0 Å². The van der Waals surface area contributed by atoms with Gasteiger partial charge < -0.3 is 10.1 Å². The summed E-state index contributed by atoms with van der Waals surface area (Å²) >= 11 is 0. The summed E-state index contributed by atoms with van der Waals surface area (Å²) < 4.78 is 5.21. The summed E-state index contributed by atoms with van der Waals surface area (Å²) in [7, 11) is 3.90. The highest BCUT2D eigenvalue weighted by atomic mass is 16.5. The molecule has 1 saturated carbocycles. The van der Waals surface area contributed by atoms with E-state index < -0.39 is 0 Å². The number of nitrogens with one attached hydrogen (secondary N) is 1. The zero-order valence-corrected chi connectivity index (χ0v) is 11.3. The first kappa shape index (κ1) is 14.0. The van der Waals surface area contributed by atoms with Crippen LogP contribution in [0.4, 0.5) is 0 Å². The fourth-order valence-corrected chi connectivity index (χ4v) is 3.20. The second-order valence-electron chi connectivity index (χ2n) is 5.38. The summed E-state index contributed by atoms with van der Waals surface area (Å²) in [5, 5.41) is 3.37. The lowest BCUT2D eigenvalue weighted by atomic mass is 9.78. The summed E-state index contributed by atoms with van der Waals surface area (Å²) in [6.07, 6.45) is 8.37. The Kier molecular flexibility index (Phi) is 7.06. The molecule has 3 atom stereocenters. The maximum Gasteiger partial charge on any atom is 0.0464 e. The van der Waals surface area contributed by atoms with E-state index >= 15 is 0 Å². The smallest absolute Gasteiger partial charge is 0.0464 e. The van der Waals surface area contributed by atoms with E-state index in [1.165, 1.54) is 45.1 Å². The zero-order valence-electron chi connectivity index (χ0n) is 11.3. The lowest BCUT2D eigenvalue weighted by Gasteiger charge is -2.30. The van der Waals surface area contributed by atoms with Gasteiger partial charge >= 0.3 is 0 Å². The third kappa shape index (κ3) is 4.42. The first-order valence-corrected chi connectivity index (χ1v) is 6.93. The second-order valence-corrected chi connectivity index (χ2v) is 5.38. The fourth-order valence-electron chi connectivity index (χ4n) is 3.20. The van der Waals surface area contributed by atoms with Crippen molar-refractivity contribution < 1.29 is 4.74 Å². The van der Waals surface area contributed by atoms with Gasteiger partial charge in [-0.1, -0.05) is 26.2 Å². The lowest BCUT2D eigenvalue weighted by Crippen LogP contribution is -2.29. The van der Waals surface area contributed by atoms with Gasteiger partial charge in [0.1, 0.15) is 0 Å². The number of hydrogen-bond acceptors (Lipinski definition) is 2. The molecular formula is C14H29NO. The Balaban J connectivity index is 2.48. The van der Waals surface area contributed by atoms with Crippen LogP contribution in [0.3, 0.4) is 0 Å². The van der Waals surface area contributed by atoms with Crippen molar-refractivity contribution in [3.63, 3.8) is 0 Å². The van der Waals surface area contributed by atoms with Gasteiger partial charge in [0.05, 0.1) is 0 Å². The van der Waals surface area contributed by atoms with Gasteiger partial charge in [0.15, 0.2) is 0 Å². The Labute approximate surface area is 101 Å². The molecule has 0 heterocycles. The highest BCUT2D eigenvalue weighted by Gasteiger charge is 2.27. The SMILES string of the molecule is CNCC1CCCCCC1C(C)CCOC. The molecule has 0 saturated heterocycles. The molecular weight excluding hydrogens is 198 g/mol. The molecule has 1 aliphatic carbocycles. The average Bonchev–Trinajstić information content (AvgIpc) is 2.52. The van der Waals surface area contributed by atoms with Crippen LogP contribution in [0.15, 0.2) is 0 Å². The van der Waals surface area contributed by atoms with Crippen LogP contribution in [-0.2, 0) is 4.74 Å². The minimum atomic E-state index is 0.816. The van der Waals surface area contributed by atoms with Gasteiger partial charge in [0.2, 0.25) is 0 Å². The monoisotopic (exact) mass is 227 g/mol. The third-order valence-electron chi connectivity index (χ3n) is 4.19. The Hall–Kier alpha value is -0.0800. The van der Waals surface area contributed by atoms with Crippen molar-refractivity contribution in [2.24, 2.45) is 17.8 Å². The van der Waals surface area contributed by atoms with Gasteiger partial charge in [-0.3, -0.25) is 0 Å². The molecule has 0 bridgehead atoms. The zero-order chi connectivity index (χ0) is 11.8. The van der Waals surface area contributed by atoms with E-state index in [1.54, 1.807) is 0 Å². The van der Waals surface area contributed by atoms with Crippen LogP contribution >= 0.6 is 0 Å². The molecule has 0 aliphatic heterocycles. The molecule has 0 aromatic heterocycles. The van der Waals surface area contributed by atoms with Crippen LogP contribution in [0.2, 0.25) is 0 Å². The summed E-state index contributed by atoms with van der Waals surface area (Å²) in [4.78, 5) is 0. The van der Waals surface area contributed by atoms with E-state index in [0.717, 1.165) is 24.4 Å². The summed E-state index contributed by atoms with van der Waals surface area (Å²) in [5.41, 5.74) is 0. The standard InChI is InChI=1S/C14H29NO/c1-12(9-10-16-3)14-8-6-4-5-7-13(14)11-15-2/h12-15H,4-11H2,1-3H3. The van der Waals surface area contributed by atoms with Crippen molar-refractivity contribution >= 4 is 0 Å². The highest BCUT2D eigenvalue weighted by Crippen LogP contribution is 2.35. The van der Waals surface area contributed by atoms with E-state index in [2.05, 4.69) is 19.3 Å². The van der Waals surface area contributed by atoms with Crippen molar-refractivity contribution in [2.75, 3.05) is 27.3 Å². The molecule has 96 valence electrons. The molecule has 3 unspecified atom stereocenters. The van der Waals surface area contributed by atoms with E-state index in [4.69, 9.17) is 4.74 Å². The van der Waals surface area contributed by atoms with Crippen molar-refractivity contribution in [2.45, 2.75) is 45.4 Å². The second kappa shape index (κ2) is 8.08. The van der Waals surface area contributed by atoms with Gasteiger partial charge in [-0.25, -0.2) is 0 Å². The van der Waals surface area contributed by atoms with Gasteiger partial charge in [0, 0.05) is 13.7 Å². The Morgan fingerprint density at radius 1 is 1.25 bits per heavy atom. The number of ether oxygens (including phenoxy) is 1. The average molecular weight is 227 g/mol. The van der Waals surface area contributed by atoms with Crippen molar-refractivity contribution in [1.29, 1.82) is 0 Å².